The van der Waals surface area contributed by atoms with E-state index in [0.717, 1.165) is 0 Å². The fraction of sp³-hybridized carbons (Fsp3) is 0.800. The van der Waals surface area contributed by atoms with E-state index in [1.165, 1.54) is 4.31 Å². The summed E-state index contributed by atoms with van der Waals surface area (Å²) in [6.45, 7) is 9.47. The van der Waals surface area contributed by atoms with Crippen LogP contribution < -0.4 is 5.32 Å². The summed E-state index contributed by atoms with van der Waals surface area (Å²) in [5.41, 5.74) is -0.523. The maximum atomic E-state index is 12.1. The number of carbonyl (C=O) groups excluding carboxylic acids is 1. The zero-order chi connectivity index (χ0) is 17.0. The van der Waals surface area contributed by atoms with Gasteiger partial charge in [-0.2, -0.15) is 0 Å². The molecule has 0 saturated heterocycles. The first-order valence-electron chi connectivity index (χ1n) is 7.58. The number of carbonyl (C=O) groups is 1. The molecule has 1 fully saturated rings. The molecule has 1 aliphatic rings. The average Bonchev–Trinajstić information content (AvgIpc) is 2.30. The molecule has 0 aromatic heterocycles. The van der Waals surface area contributed by atoms with Crippen LogP contribution in [0.2, 0.25) is 0 Å². The fourth-order valence-corrected chi connectivity index (χ4v) is 3.81. The third-order valence-corrected chi connectivity index (χ3v) is 5.55. The van der Waals surface area contributed by atoms with Crippen LogP contribution in [-0.2, 0) is 14.8 Å². The molecule has 128 valence electrons. The van der Waals surface area contributed by atoms with Crippen LogP contribution in [0.25, 0.3) is 0 Å². The molecule has 1 amide bonds. The third-order valence-electron chi connectivity index (χ3n) is 3.53. The highest BCUT2D eigenvalue weighted by Gasteiger charge is 2.35. The maximum Gasteiger partial charge on any atom is 0.407 e. The van der Waals surface area contributed by atoms with Gasteiger partial charge in [-0.1, -0.05) is 6.08 Å². The Balaban J connectivity index is 2.33. The van der Waals surface area contributed by atoms with Gasteiger partial charge in [0.05, 0.1) is 5.75 Å². The molecule has 0 bridgehead atoms. The molecule has 7 heteroatoms. The largest absolute Gasteiger partial charge is 0.444 e. The van der Waals surface area contributed by atoms with E-state index in [1.807, 2.05) is 20.8 Å². The van der Waals surface area contributed by atoms with Gasteiger partial charge < -0.3 is 10.1 Å². The third kappa shape index (κ3) is 6.36. The lowest BCUT2D eigenvalue weighted by atomic mass is 9.82. The molecule has 6 nitrogen and oxygen atoms in total. The molecule has 0 aromatic carbocycles. The van der Waals surface area contributed by atoms with Crippen molar-refractivity contribution in [1.82, 2.24) is 9.62 Å². The molecule has 0 aromatic rings. The number of nitrogens with zero attached hydrogens (tertiary/aromatic N) is 1. The lowest BCUT2D eigenvalue weighted by molar-refractivity contribution is 0.0459. The number of sulfonamides is 1. The van der Waals surface area contributed by atoms with E-state index in [0.29, 0.717) is 25.8 Å². The van der Waals surface area contributed by atoms with Crippen molar-refractivity contribution in [3.05, 3.63) is 12.7 Å². The van der Waals surface area contributed by atoms with E-state index in [9.17, 15) is 13.2 Å². The Bertz CT molecular complexity index is 490. The van der Waals surface area contributed by atoms with Gasteiger partial charge in [-0.25, -0.2) is 17.5 Å². The van der Waals surface area contributed by atoms with E-state index < -0.39 is 21.7 Å². The Morgan fingerprint density at radius 3 is 2.50 bits per heavy atom. The second kappa shape index (κ2) is 7.46. The number of alkyl carbamates (subject to hydrolysis) is 1. The normalized spacial score (nSPS) is 22.0. The van der Waals surface area contributed by atoms with Gasteiger partial charge in [-0.3, -0.25) is 0 Å². The monoisotopic (exact) mass is 332 g/mol. The number of amides is 1. The molecule has 0 heterocycles. The molecule has 1 N–H and O–H groups in total. The van der Waals surface area contributed by atoms with Gasteiger partial charge in [0, 0.05) is 19.6 Å². The molecule has 22 heavy (non-hydrogen) atoms. The molecule has 1 rings (SSSR count). The van der Waals surface area contributed by atoms with Crippen molar-refractivity contribution >= 4 is 16.1 Å². The summed E-state index contributed by atoms with van der Waals surface area (Å²) in [5.74, 6) is 0.226. The second-order valence-corrected chi connectivity index (χ2v) is 8.98. The minimum Gasteiger partial charge on any atom is -0.444 e. The fourth-order valence-electron chi connectivity index (χ4n) is 2.30. The summed E-state index contributed by atoms with van der Waals surface area (Å²) in [5, 5.41) is 2.77. The number of nitrogens with one attached hydrogen (secondary N) is 1. The number of hydrogen-bond donors (Lipinski definition) is 1. The Labute approximate surface area is 133 Å². The lowest BCUT2D eigenvalue weighted by Gasteiger charge is -2.36. The molecule has 1 aliphatic carbocycles. The zero-order valence-electron chi connectivity index (χ0n) is 14.0. The summed E-state index contributed by atoms with van der Waals surface area (Å²) in [6, 6.07) is 0.00790. The van der Waals surface area contributed by atoms with Gasteiger partial charge in [0.15, 0.2) is 0 Å². The Morgan fingerprint density at radius 1 is 1.41 bits per heavy atom. The van der Waals surface area contributed by atoms with Crippen LogP contribution in [-0.4, -0.2) is 49.8 Å². The predicted octanol–water partition coefficient (Wildman–Crippen LogP) is 2.13. The zero-order valence-corrected chi connectivity index (χ0v) is 14.8. The van der Waals surface area contributed by atoms with Crippen molar-refractivity contribution in [2.45, 2.75) is 51.7 Å². The van der Waals surface area contributed by atoms with Crippen molar-refractivity contribution in [1.29, 1.82) is 0 Å². The van der Waals surface area contributed by atoms with Gasteiger partial charge in [0.2, 0.25) is 10.0 Å². The second-order valence-electron chi connectivity index (χ2n) is 6.86. The van der Waals surface area contributed by atoms with Crippen LogP contribution in [0.1, 0.15) is 40.0 Å². The molecular formula is C15H28N2O4S. The summed E-state index contributed by atoms with van der Waals surface area (Å²) in [6.07, 6.45) is 3.25. The van der Waals surface area contributed by atoms with E-state index in [2.05, 4.69) is 11.9 Å². The highest BCUT2D eigenvalue weighted by atomic mass is 32.2. The van der Waals surface area contributed by atoms with Gasteiger partial charge >= 0.3 is 6.09 Å². The first-order chi connectivity index (χ1) is 10.0. The van der Waals surface area contributed by atoms with Crippen LogP contribution in [0.4, 0.5) is 4.79 Å². The minimum atomic E-state index is -3.23. The average molecular weight is 332 g/mol. The predicted molar refractivity (Wildman–Crippen MR) is 87.1 cm³/mol. The van der Waals surface area contributed by atoms with Crippen molar-refractivity contribution in [2.24, 2.45) is 5.92 Å². The van der Waals surface area contributed by atoms with Gasteiger partial charge in [-0.05, 0) is 46.0 Å². The topological polar surface area (TPSA) is 75.7 Å². The Kier molecular flexibility index (Phi) is 6.43. The van der Waals surface area contributed by atoms with Crippen molar-refractivity contribution in [2.75, 3.05) is 19.3 Å². The van der Waals surface area contributed by atoms with E-state index in [4.69, 9.17) is 4.74 Å². The first kappa shape index (κ1) is 19.0. The Morgan fingerprint density at radius 2 is 2.00 bits per heavy atom. The lowest BCUT2D eigenvalue weighted by Crippen LogP contribution is -2.48. The molecular weight excluding hydrogens is 304 g/mol. The quantitative estimate of drug-likeness (QED) is 0.725. The molecule has 0 radical (unpaired) electrons. The van der Waals surface area contributed by atoms with E-state index in [-0.39, 0.29) is 17.7 Å². The molecule has 1 saturated carbocycles. The number of hydrogen-bond acceptors (Lipinski definition) is 4. The molecule has 0 aliphatic heterocycles. The van der Waals surface area contributed by atoms with Crippen LogP contribution in [0.15, 0.2) is 12.7 Å². The van der Waals surface area contributed by atoms with Gasteiger partial charge in [0.25, 0.3) is 0 Å². The highest BCUT2D eigenvalue weighted by Crippen LogP contribution is 2.29. The van der Waals surface area contributed by atoms with Crippen molar-refractivity contribution in [3.8, 4) is 0 Å². The smallest absolute Gasteiger partial charge is 0.407 e. The first-order valence-corrected chi connectivity index (χ1v) is 9.19. The van der Waals surface area contributed by atoms with Crippen LogP contribution in [0.3, 0.4) is 0 Å². The number of ether oxygens (including phenoxy) is 1. The Hall–Kier alpha value is -1.08. The molecule has 0 spiro atoms. The van der Waals surface area contributed by atoms with E-state index >= 15 is 0 Å². The summed E-state index contributed by atoms with van der Waals surface area (Å²) in [7, 11) is -1.64. The van der Waals surface area contributed by atoms with Crippen LogP contribution in [0, 0.1) is 5.92 Å². The highest BCUT2D eigenvalue weighted by molar-refractivity contribution is 7.89. The standard InChI is InChI=1S/C15H28N2O4S/c1-6-7-8-17(5)22(19,20)11-12-9-13(10-12)16-14(18)21-15(2,3)4/h6,12-13H,1,7-11H2,2-5H3,(H,16,18)/t12-,13+. The molecule has 0 atom stereocenters. The minimum absolute atomic E-state index is 0.00790. The maximum absolute atomic E-state index is 12.1. The van der Waals surface area contributed by atoms with Gasteiger partial charge in [-0.15, -0.1) is 6.58 Å². The summed E-state index contributed by atoms with van der Waals surface area (Å²) in [4.78, 5) is 11.6. The van der Waals surface area contributed by atoms with Gasteiger partial charge in [0.1, 0.15) is 5.60 Å². The number of rotatable bonds is 7. The van der Waals surface area contributed by atoms with Crippen molar-refractivity contribution < 1.29 is 17.9 Å². The SMILES string of the molecule is C=CCCN(C)S(=O)(=O)C[C@H]1C[C@@H](NC(=O)OC(C)(C)C)C1. The summed E-state index contributed by atoms with van der Waals surface area (Å²) >= 11 is 0. The van der Waals surface area contributed by atoms with E-state index in [1.54, 1.807) is 13.1 Å². The van der Waals surface area contributed by atoms with Crippen LogP contribution in [0.5, 0.6) is 0 Å². The summed E-state index contributed by atoms with van der Waals surface area (Å²) < 4.78 is 30.8. The van der Waals surface area contributed by atoms with Crippen LogP contribution >= 0.6 is 0 Å². The van der Waals surface area contributed by atoms with Crippen molar-refractivity contribution in [3.63, 3.8) is 0 Å². The molecule has 0 unspecified atom stereocenters.